The summed E-state index contributed by atoms with van der Waals surface area (Å²) in [5.74, 6) is 0. The number of sulfone groups is 1. The van der Waals surface area contributed by atoms with Gasteiger partial charge in [-0.15, -0.1) is 0 Å². The minimum Gasteiger partial charge on any atom is -0.369 e. The van der Waals surface area contributed by atoms with Crippen LogP contribution in [-0.2, 0) is 14.6 Å². The SMILES string of the molecule is CNC(C=O)N1CCN(c2cccc(C(=C3CN(C(c4ccc(Cl)cc4)c4ccc(Cl)cc4)C3)S(C)(=O)=O)c2)CC1. The highest BCUT2D eigenvalue weighted by atomic mass is 35.5. The minimum atomic E-state index is -3.50. The van der Waals surface area contributed by atoms with Gasteiger partial charge in [-0.2, -0.15) is 0 Å². The Balaban J connectivity index is 1.41. The minimum absolute atomic E-state index is 0.0653. The van der Waals surface area contributed by atoms with Gasteiger partial charge >= 0.3 is 0 Å². The lowest BCUT2D eigenvalue weighted by molar-refractivity contribution is -0.113. The van der Waals surface area contributed by atoms with Gasteiger partial charge in [0.25, 0.3) is 0 Å². The normalized spacial score (nSPS) is 17.4. The Morgan fingerprint density at radius 2 is 1.41 bits per heavy atom. The average molecular weight is 614 g/mol. The zero-order valence-electron chi connectivity index (χ0n) is 23.1. The first kappa shape index (κ1) is 29.8. The van der Waals surface area contributed by atoms with Crippen molar-refractivity contribution in [1.29, 1.82) is 0 Å². The number of hydrogen-bond acceptors (Lipinski definition) is 7. The van der Waals surface area contributed by atoms with Gasteiger partial charge in [0, 0.05) is 61.3 Å². The maximum Gasteiger partial charge on any atom is 0.176 e. The van der Waals surface area contributed by atoms with Crippen molar-refractivity contribution in [2.75, 3.05) is 57.5 Å². The van der Waals surface area contributed by atoms with Crippen LogP contribution in [0.5, 0.6) is 0 Å². The fraction of sp³-hybridized carbons (Fsp3) is 0.323. The first-order valence-electron chi connectivity index (χ1n) is 13.6. The predicted octanol–water partition coefficient (Wildman–Crippen LogP) is 4.72. The van der Waals surface area contributed by atoms with Crippen LogP contribution in [-0.4, -0.2) is 83.2 Å². The molecule has 0 radical (unpaired) electrons. The van der Waals surface area contributed by atoms with Crippen molar-refractivity contribution in [3.63, 3.8) is 0 Å². The lowest BCUT2D eigenvalue weighted by atomic mass is 9.92. The number of nitrogens with zero attached hydrogens (tertiary/aromatic N) is 3. The summed E-state index contributed by atoms with van der Waals surface area (Å²) in [4.78, 5) is 18.4. The smallest absolute Gasteiger partial charge is 0.176 e. The van der Waals surface area contributed by atoms with Gasteiger partial charge in [0.2, 0.25) is 0 Å². The first-order valence-corrected chi connectivity index (χ1v) is 16.2. The second kappa shape index (κ2) is 12.7. The number of piperazine rings is 1. The summed E-state index contributed by atoms with van der Waals surface area (Å²) in [5.41, 5.74) is 4.73. The van der Waals surface area contributed by atoms with Gasteiger partial charge in [-0.1, -0.05) is 59.6 Å². The van der Waals surface area contributed by atoms with E-state index in [1.54, 1.807) is 7.05 Å². The molecule has 0 saturated carbocycles. The Hall–Kier alpha value is -2.72. The molecule has 2 fully saturated rings. The molecular weight excluding hydrogens is 579 g/mol. The molecule has 10 heteroatoms. The molecule has 0 amide bonds. The molecule has 216 valence electrons. The van der Waals surface area contributed by atoms with E-state index in [1.165, 1.54) is 6.26 Å². The topological polar surface area (TPSA) is 73.0 Å². The largest absolute Gasteiger partial charge is 0.369 e. The van der Waals surface area contributed by atoms with Crippen molar-refractivity contribution >= 4 is 49.9 Å². The molecule has 2 saturated heterocycles. The zero-order chi connectivity index (χ0) is 29.1. The summed E-state index contributed by atoms with van der Waals surface area (Å²) in [6.45, 7) is 4.02. The number of carbonyl (C=O) groups excluding carboxylic acids is 1. The van der Waals surface area contributed by atoms with Gasteiger partial charge in [0.15, 0.2) is 16.1 Å². The van der Waals surface area contributed by atoms with Gasteiger partial charge in [0.1, 0.15) is 6.17 Å². The number of likely N-dealkylation sites (tertiary alicyclic amines) is 1. The van der Waals surface area contributed by atoms with Crippen molar-refractivity contribution in [1.82, 2.24) is 15.1 Å². The number of likely N-dealkylation sites (N-methyl/N-ethyl adjacent to an activating group) is 1. The third kappa shape index (κ3) is 6.69. The third-order valence-corrected chi connectivity index (χ3v) is 9.59. The molecule has 2 aliphatic rings. The molecule has 1 N–H and O–H groups in total. The molecule has 0 aliphatic carbocycles. The van der Waals surface area contributed by atoms with Gasteiger partial charge in [-0.3, -0.25) is 15.1 Å². The predicted molar refractivity (Wildman–Crippen MR) is 167 cm³/mol. The zero-order valence-corrected chi connectivity index (χ0v) is 25.5. The summed E-state index contributed by atoms with van der Waals surface area (Å²) in [6.07, 6.45) is 1.92. The van der Waals surface area contributed by atoms with Gasteiger partial charge in [-0.25, -0.2) is 8.42 Å². The number of halogens is 2. The lowest BCUT2D eigenvalue weighted by Gasteiger charge is -2.42. The van der Waals surface area contributed by atoms with E-state index in [9.17, 15) is 13.2 Å². The summed E-state index contributed by atoms with van der Waals surface area (Å²) in [7, 11) is -1.72. The van der Waals surface area contributed by atoms with Crippen molar-refractivity contribution in [3.8, 4) is 0 Å². The van der Waals surface area contributed by atoms with E-state index in [0.29, 0.717) is 33.6 Å². The molecule has 5 rings (SSSR count). The second-order valence-electron chi connectivity index (χ2n) is 10.6. The van der Waals surface area contributed by atoms with Crippen LogP contribution in [0.4, 0.5) is 5.69 Å². The summed E-state index contributed by atoms with van der Waals surface area (Å²) in [6, 6.07) is 23.3. The van der Waals surface area contributed by atoms with Crippen LogP contribution in [0.25, 0.3) is 4.91 Å². The number of nitrogens with one attached hydrogen (secondary N) is 1. The Bertz CT molecular complexity index is 1470. The third-order valence-electron chi connectivity index (χ3n) is 7.82. The quantitative estimate of drug-likeness (QED) is 0.351. The number of aldehydes is 1. The first-order chi connectivity index (χ1) is 19.7. The van der Waals surface area contributed by atoms with E-state index >= 15 is 0 Å². The van der Waals surface area contributed by atoms with Gasteiger partial charge in [-0.05, 0) is 65.7 Å². The van der Waals surface area contributed by atoms with E-state index in [2.05, 4.69) is 20.0 Å². The molecule has 1 atom stereocenters. The number of anilines is 1. The van der Waals surface area contributed by atoms with E-state index in [4.69, 9.17) is 23.2 Å². The number of benzene rings is 3. The van der Waals surface area contributed by atoms with Crippen LogP contribution in [0.3, 0.4) is 0 Å². The Kier molecular flexibility index (Phi) is 9.18. The molecule has 7 nitrogen and oxygen atoms in total. The van der Waals surface area contributed by atoms with E-state index in [-0.39, 0.29) is 12.2 Å². The highest BCUT2D eigenvalue weighted by molar-refractivity contribution is 8.00. The molecule has 3 aromatic rings. The molecule has 1 unspecified atom stereocenters. The van der Waals surface area contributed by atoms with Crippen LogP contribution >= 0.6 is 23.2 Å². The van der Waals surface area contributed by atoms with Crippen LogP contribution in [0, 0.1) is 0 Å². The maximum atomic E-state index is 13.2. The number of hydrogen-bond donors (Lipinski definition) is 1. The fourth-order valence-electron chi connectivity index (χ4n) is 5.79. The van der Waals surface area contributed by atoms with Crippen molar-refractivity contribution < 1.29 is 13.2 Å². The van der Waals surface area contributed by atoms with Crippen LogP contribution in [0.2, 0.25) is 10.0 Å². The summed E-state index contributed by atoms with van der Waals surface area (Å²) >= 11 is 12.3. The Morgan fingerprint density at radius 3 is 1.90 bits per heavy atom. The van der Waals surface area contributed by atoms with E-state index in [1.807, 2.05) is 72.8 Å². The van der Waals surface area contributed by atoms with Crippen molar-refractivity contribution in [2.24, 2.45) is 0 Å². The second-order valence-corrected chi connectivity index (χ2v) is 13.4. The van der Waals surface area contributed by atoms with Crippen LogP contribution < -0.4 is 10.2 Å². The summed E-state index contributed by atoms with van der Waals surface area (Å²) in [5, 5.41) is 4.36. The Labute approximate surface area is 252 Å². The van der Waals surface area contributed by atoms with Crippen LogP contribution in [0.15, 0.2) is 78.4 Å². The molecule has 2 heterocycles. The standard InChI is InChI=1S/C31H34Cl2N4O3S/c1-34-29(21-38)36-16-14-35(15-17-36)28-5-3-4-24(18-28)31(41(2,39)40)25-19-37(20-25)30(22-6-10-26(32)11-7-22)23-8-12-27(33)13-9-23/h3-13,18,21,29-30,34H,14-17,19-20H2,1-2H3. The molecular formula is C31H34Cl2N4O3S. The maximum absolute atomic E-state index is 13.2. The molecule has 0 aromatic heterocycles. The molecule has 0 spiro atoms. The van der Waals surface area contributed by atoms with E-state index < -0.39 is 9.84 Å². The highest BCUT2D eigenvalue weighted by Gasteiger charge is 2.35. The fourth-order valence-corrected chi connectivity index (χ4v) is 7.25. The van der Waals surface area contributed by atoms with E-state index in [0.717, 1.165) is 54.9 Å². The monoisotopic (exact) mass is 612 g/mol. The van der Waals surface area contributed by atoms with Crippen molar-refractivity contribution in [3.05, 3.63) is 105 Å². The van der Waals surface area contributed by atoms with Gasteiger partial charge < -0.3 is 9.69 Å². The number of carbonyl (C=O) groups is 1. The lowest BCUT2D eigenvalue weighted by Crippen LogP contribution is -2.54. The molecule has 2 aliphatic heterocycles. The molecule has 0 bridgehead atoms. The average Bonchev–Trinajstić information content (AvgIpc) is 2.94. The number of rotatable bonds is 9. The molecule has 41 heavy (non-hydrogen) atoms. The Morgan fingerprint density at radius 1 is 0.854 bits per heavy atom. The summed E-state index contributed by atoms with van der Waals surface area (Å²) < 4.78 is 26.3. The highest BCUT2D eigenvalue weighted by Crippen LogP contribution is 2.39. The van der Waals surface area contributed by atoms with Gasteiger partial charge in [0.05, 0.1) is 10.9 Å². The van der Waals surface area contributed by atoms with Crippen LogP contribution in [0.1, 0.15) is 22.7 Å². The molecule has 3 aromatic carbocycles. The van der Waals surface area contributed by atoms with Crippen molar-refractivity contribution in [2.45, 2.75) is 12.2 Å².